The third-order valence-electron chi connectivity index (χ3n) is 4.91. The number of hydrogen-bond acceptors (Lipinski definition) is 4. The first-order valence-electron chi connectivity index (χ1n) is 9.38. The van der Waals surface area contributed by atoms with Crippen LogP contribution in [0.3, 0.4) is 0 Å². The first-order valence-corrected chi connectivity index (χ1v) is 10.2. The molecular weight excluding hydrogens is 416 g/mol. The van der Waals surface area contributed by atoms with Gasteiger partial charge in [-0.3, -0.25) is 4.79 Å². The second-order valence-corrected chi connectivity index (χ2v) is 7.84. The van der Waals surface area contributed by atoms with Crippen molar-refractivity contribution in [1.29, 1.82) is 0 Å². The Hall–Kier alpha value is -2.73. The monoisotopic (exact) mass is 436 g/mol. The minimum Gasteiger partial charge on any atom is -0.340 e. The molecule has 3 aromatic rings. The van der Waals surface area contributed by atoms with Crippen molar-refractivity contribution in [2.45, 2.75) is 12.8 Å². The van der Waals surface area contributed by atoms with Crippen LogP contribution in [0.1, 0.15) is 12.8 Å². The van der Waals surface area contributed by atoms with Gasteiger partial charge in [0.25, 0.3) is 0 Å². The first kappa shape index (κ1) is 18.6. The fourth-order valence-corrected chi connectivity index (χ4v) is 3.85. The number of aromatic nitrogens is 2. The summed E-state index contributed by atoms with van der Waals surface area (Å²) in [6, 6.07) is 17.7. The normalized spacial score (nSPS) is 16.6. The molecule has 2 aromatic carbocycles. The van der Waals surface area contributed by atoms with E-state index in [0.29, 0.717) is 12.5 Å². The van der Waals surface area contributed by atoms with Gasteiger partial charge in [-0.2, -0.15) is 0 Å². The van der Waals surface area contributed by atoms with Crippen LogP contribution in [0.5, 0.6) is 0 Å². The smallest absolute Gasteiger partial charge is 0.229 e. The molecule has 1 fully saturated rings. The summed E-state index contributed by atoms with van der Waals surface area (Å²) in [5.41, 5.74) is 2.89. The minimum atomic E-state index is -0.0786. The summed E-state index contributed by atoms with van der Waals surface area (Å²) in [5.74, 6) is 0.647. The van der Waals surface area contributed by atoms with Gasteiger partial charge in [-0.05, 0) is 36.6 Å². The maximum absolute atomic E-state index is 12.7. The maximum atomic E-state index is 12.7. The van der Waals surface area contributed by atoms with Crippen molar-refractivity contribution in [1.82, 2.24) is 9.97 Å². The predicted octanol–water partition coefficient (Wildman–Crippen LogP) is 4.76. The topological polar surface area (TPSA) is 58.1 Å². The summed E-state index contributed by atoms with van der Waals surface area (Å²) in [5, 5.41) is 3.02. The van der Waals surface area contributed by atoms with Gasteiger partial charge in [0.2, 0.25) is 11.9 Å². The number of rotatable bonds is 4. The lowest BCUT2D eigenvalue weighted by atomic mass is 9.97. The van der Waals surface area contributed by atoms with Crippen LogP contribution in [0, 0.1) is 5.92 Å². The number of halogens is 1. The van der Waals surface area contributed by atoms with Gasteiger partial charge in [0.05, 0.1) is 5.92 Å². The molecule has 0 bridgehead atoms. The third-order valence-corrected chi connectivity index (χ3v) is 5.41. The molecular formula is C22H21BrN4O. The summed E-state index contributed by atoms with van der Waals surface area (Å²) in [4.78, 5) is 23.9. The van der Waals surface area contributed by atoms with E-state index in [1.54, 1.807) is 0 Å². The van der Waals surface area contributed by atoms with Crippen molar-refractivity contribution >= 4 is 33.5 Å². The van der Waals surface area contributed by atoms with E-state index in [0.717, 1.165) is 40.7 Å². The van der Waals surface area contributed by atoms with Crippen LogP contribution < -0.4 is 10.2 Å². The van der Waals surface area contributed by atoms with Crippen molar-refractivity contribution in [2.75, 3.05) is 23.3 Å². The summed E-state index contributed by atoms with van der Waals surface area (Å²) in [6.45, 7) is 1.50. The molecule has 4 rings (SSSR count). The van der Waals surface area contributed by atoms with Gasteiger partial charge in [-0.15, -0.1) is 0 Å². The Morgan fingerprint density at radius 3 is 2.57 bits per heavy atom. The quantitative estimate of drug-likeness (QED) is 0.640. The maximum Gasteiger partial charge on any atom is 0.229 e. The number of benzene rings is 2. The van der Waals surface area contributed by atoms with Gasteiger partial charge in [0.15, 0.2) is 0 Å². The fraction of sp³-hybridized carbons (Fsp3) is 0.227. The molecule has 1 aromatic heterocycles. The highest BCUT2D eigenvalue weighted by atomic mass is 79.9. The summed E-state index contributed by atoms with van der Waals surface area (Å²) in [6.07, 6.45) is 5.52. The van der Waals surface area contributed by atoms with Crippen LogP contribution in [0.4, 0.5) is 11.6 Å². The molecule has 1 atom stereocenters. The lowest BCUT2D eigenvalue weighted by molar-refractivity contribution is -0.120. The van der Waals surface area contributed by atoms with E-state index in [2.05, 4.69) is 36.1 Å². The van der Waals surface area contributed by atoms with Crippen molar-refractivity contribution in [2.24, 2.45) is 5.92 Å². The third kappa shape index (κ3) is 4.39. The molecule has 0 saturated carbocycles. The lowest BCUT2D eigenvalue weighted by Crippen LogP contribution is -2.41. The van der Waals surface area contributed by atoms with Crippen LogP contribution in [0.2, 0.25) is 0 Å². The van der Waals surface area contributed by atoms with Crippen LogP contribution in [0.15, 0.2) is 71.5 Å². The first-order chi connectivity index (χ1) is 13.7. The van der Waals surface area contributed by atoms with Crippen molar-refractivity contribution in [3.63, 3.8) is 0 Å². The van der Waals surface area contributed by atoms with E-state index in [-0.39, 0.29) is 11.8 Å². The van der Waals surface area contributed by atoms with E-state index < -0.39 is 0 Å². The van der Waals surface area contributed by atoms with Crippen molar-refractivity contribution in [3.8, 4) is 11.1 Å². The van der Waals surface area contributed by atoms with Crippen LogP contribution in [0.25, 0.3) is 11.1 Å². The molecule has 0 unspecified atom stereocenters. The highest BCUT2D eigenvalue weighted by Gasteiger charge is 2.27. The Balaban J connectivity index is 1.42. The minimum absolute atomic E-state index is 0.0451. The fourth-order valence-electron chi connectivity index (χ4n) is 3.45. The number of amides is 1. The molecule has 0 radical (unpaired) electrons. The molecule has 142 valence electrons. The molecule has 1 aliphatic heterocycles. The van der Waals surface area contributed by atoms with Crippen molar-refractivity contribution in [3.05, 3.63) is 71.5 Å². The molecule has 0 spiro atoms. The average Bonchev–Trinajstić information content (AvgIpc) is 2.75. The van der Waals surface area contributed by atoms with Gasteiger partial charge in [0.1, 0.15) is 0 Å². The second-order valence-electron chi connectivity index (χ2n) is 6.92. The highest BCUT2D eigenvalue weighted by Crippen LogP contribution is 2.24. The lowest BCUT2D eigenvalue weighted by Gasteiger charge is -2.32. The SMILES string of the molecule is O=C(Nc1cccc(Br)c1)[C@@H]1CCCN(c2ncc(-c3ccccc3)cn2)C1. The van der Waals surface area contributed by atoms with Gasteiger partial charge < -0.3 is 10.2 Å². The summed E-state index contributed by atoms with van der Waals surface area (Å²) in [7, 11) is 0. The predicted molar refractivity (Wildman–Crippen MR) is 115 cm³/mol. The zero-order valence-electron chi connectivity index (χ0n) is 15.4. The number of piperidine rings is 1. The number of hydrogen-bond donors (Lipinski definition) is 1. The molecule has 28 heavy (non-hydrogen) atoms. The number of carbonyl (C=O) groups is 1. The van der Waals surface area contributed by atoms with E-state index in [1.165, 1.54) is 0 Å². The number of carbonyl (C=O) groups excluding carboxylic acids is 1. The van der Waals surface area contributed by atoms with Gasteiger partial charge in [-0.25, -0.2) is 9.97 Å². The van der Waals surface area contributed by atoms with E-state index >= 15 is 0 Å². The van der Waals surface area contributed by atoms with Crippen molar-refractivity contribution < 1.29 is 4.79 Å². The number of nitrogens with zero attached hydrogens (tertiary/aromatic N) is 3. The Kier molecular flexibility index (Phi) is 5.67. The molecule has 1 amide bonds. The second kappa shape index (κ2) is 8.52. The van der Waals surface area contributed by atoms with Crippen LogP contribution >= 0.6 is 15.9 Å². The Labute approximate surface area is 173 Å². The van der Waals surface area contributed by atoms with E-state index in [1.807, 2.05) is 67.0 Å². The van der Waals surface area contributed by atoms with E-state index in [9.17, 15) is 4.79 Å². The van der Waals surface area contributed by atoms with Gasteiger partial charge >= 0.3 is 0 Å². The Morgan fingerprint density at radius 2 is 1.82 bits per heavy atom. The standard InChI is InChI=1S/C22H21BrN4O/c23-19-9-4-10-20(12-19)26-21(28)17-8-5-11-27(15-17)22-24-13-18(14-25-22)16-6-2-1-3-7-16/h1-4,6-7,9-10,12-14,17H,5,8,11,15H2,(H,26,28)/t17-/m1/s1. The zero-order chi connectivity index (χ0) is 19.3. The molecule has 1 saturated heterocycles. The molecule has 1 N–H and O–H groups in total. The zero-order valence-corrected chi connectivity index (χ0v) is 17.0. The average molecular weight is 437 g/mol. The number of anilines is 2. The van der Waals surface area contributed by atoms with Gasteiger partial charge in [0, 0.05) is 41.2 Å². The van der Waals surface area contributed by atoms with Crippen LogP contribution in [-0.2, 0) is 4.79 Å². The molecule has 2 heterocycles. The van der Waals surface area contributed by atoms with Gasteiger partial charge in [-0.1, -0.05) is 52.3 Å². The van der Waals surface area contributed by atoms with E-state index in [4.69, 9.17) is 0 Å². The molecule has 6 heteroatoms. The molecule has 1 aliphatic rings. The van der Waals surface area contributed by atoms with Crippen LogP contribution in [-0.4, -0.2) is 29.0 Å². The molecule has 0 aliphatic carbocycles. The summed E-state index contributed by atoms with van der Waals surface area (Å²) >= 11 is 3.43. The Morgan fingerprint density at radius 1 is 1.04 bits per heavy atom. The Bertz CT molecular complexity index is 946. The summed E-state index contributed by atoms with van der Waals surface area (Å²) < 4.78 is 0.947. The molecule has 5 nitrogen and oxygen atoms in total. The number of nitrogens with one attached hydrogen (secondary N) is 1. The highest BCUT2D eigenvalue weighted by molar-refractivity contribution is 9.10. The largest absolute Gasteiger partial charge is 0.340 e.